The Labute approximate surface area is 296 Å². The second-order valence-electron chi connectivity index (χ2n) is 15.1. The largest absolute Gasteiger partial charge is 0.507 e. The number of carbonyl (C=O) groups is 7. The van der Waals surface area contributed by atoms with Gasteiger partial charge in [0.2, 0.25) is 12.7 Å². The summed E-state index contributed by atoms with van der Waals surface area (Å²) in [5, 5.41) is 23.6. The summed E-state index contributed by atoms with van der Waals surface area (Å²) in [5.41, 5.74) is 2.97. The quantitative estimate of drug-likeness (QED) is 0.161. The van der Waals surface area contributed by atoms with E-state index in [1.165, 1.54) is 31.0 Å². The number of amides is 2. The zero-order valence-corrected chi connectivity index (χ0v) is 30.3. The first-order valence-corrected chi connectivity index (χ1v) is 16.6. The van der Waals surface area contributed by atoms with E-state index in [2.05, 4.69) is 0 Å². The third-order valence-electron chi connectivity index (χ3n) is 9.80. The van der Waals surface area contributed by atoms with Crippen molar-refractivity contribution in [3.8, 4) is 5.75 Å². The van der Waals surface area contributed by atoms with Gasteiger partial charge in [-0.05, 0) is 49.9 Å². The Morgan fingerprint density at radius 2 is 1.69 bits per heavy atom. The number of anilines is 1. The molecule has 280 valence electrons. The fourth-order valence-electron chi connectivity index (χ4n) is 7.68. The van der Waals surface area contributed by atoms with Gasteiger partial charge in [0.1, 0.15) is 5.75 Å². The molecule has 2 saturated carbocycles. The molecular weight excluding hydrogens is 668 g/mol. The highest BCUT2D eigenvalue weighted by Crippen LogP contribution is 2.52. The number of esters is 1. The highest BCUT2D eigenvalue weighted by atomic mass is 16.7. The predicted molar refractivity (Wildman–Crippen MR) is 179 cm³/mol. The van der Waals surface area contributed by atoms with E-state index in [0.717, 1.165) is 0 Å². The Morgan fingerprint density at radius 3 is 2.24 bits per heavy atom. The molecule has 2 fully saturated rings. The number of phenols is 1. The van der Waals surface area contributed by atoms with Gasteiger partial charge in [0.25, 0.3) is 0 Å². The summed E-state index contributed by atoms with van der Waals surface area (Å²) in [6.45, 7) is 4.95. The van der Waals surface area contributed by atoms with Crippen LogP contribution in [0.2, 0.25) is 0 Å². The first-order chi connectivity index (χ1) is 23.7. The number of likely N-dealkylation sites (N-methyl/N-ethyl adjacent to an activating group) is 1. The maximum absolute atomic E-state index is 14.4. The van der Waals surface area contributed by atoms with Crippen molar-refractivity contribution in [2.45, 2.75) is 58.2 Å². The van der Waals surface area contributed by atoms with Crippen molar-refractivity contribution in [2.75, 3.05) is 60.1 Å². The highest BCUT2D eigenvalue weighted by molar-refractivity contribution is 6.32. The van der Waals surface area contributed by atoms with Crippen molar-refractivity contribution in [3.05, 3.63) is 22.8 Å². The smallest absolute Gasteiger partial charge is 0.412 e. The number of phenolic OH excluding ortho intramolecular Hbond substituents is 1. The van der Waals surface area contributed by atoms with Crippen molar-refractivity contribution in [2.24, 2.45) is 34.8 Å². The molecule has 2 amide bonds. The number of fused-ring (bicyclic) bond motifs is 3. The first-order valence-electron chi connectivity index (χ1n) is 16.6. The van der Waals surface area contributed by atoms with Gasteiger partial charge in [0.05, 0.1) is 37.1 Å². The molecule has 4 rings (SSSR count). The molecule has 3 aliphatic carbocycles. The molecule has 51 heavy (non-hydrogen) atoms. The number of nitrogens with zero attached hydrogens (tertiary/aromatic N) is 3. The van der Waals surface area contributed by atoms with Gasteiger partial charge in [0.15, 0.2) is 34.7 Å². The molecule has 0 radical (unpaired) electrons. The fraction of sp³-hybridized carbons (Fsp3) is 0.629. The monoisotopic (exact) mass is 716 g/mol. The number of methoxy groups -OCH3 is 1. The van der Waals surface area contributed by atoms with Gasteiger partial charge < -0.3 is 40.0 Å². The van der Waals surface area contributed by atoms with Crippen LogP contribution in [0.5, 0.6) is 5.75 Å². The number of Topliss-reactive ketones (excluding diaryl/α,β-unsaturated/α-hetero) is 4. The number of hydrogen-bond acceptors (Lipinski definition) is 14. The van der Waals surface area contributed by atoms with E-state index in [1.807, 2.05) is 20.8 Å². The van der Waals surface area contributed by atoms with Crippen LogP contribution in [0.15, 0.2) is 6.07 Å². The molecular formula is C35H48N4O12. The second kappa shape index (κ2) is 14.7. The first kappa shape index (κ1) is 39.4. The van der Waals surface area contributed by atoms with Gasteiger partial charge in [-0.3, -0.25) is 33.7 Å². The highest BCUT2D eigenvalue weighted by Gasteiger charge is 2.69. The number of aliphatic hydroxyl groups is 1. The molecule has 3 aliphatic rings. The van der Waals surface area contributed by atoms with Crippen molar-refractivity contribution < 1.29 is 58.0 Å². The van der Waals surface area contributed by atoms with Crippen LogP contribution in [-0.2, 0) is 51.1 Å². The molecule has 2 unspecified atom stereocenters. The Balaban J connectivity index is 1.75. The number of ketones is 4. The summed E-state index contributed by atoms with van der Waals surface area (Å²) in [5.74, 6) is -12.2. The Hall–Kier alpha value is -4.41. The van der Waals surface area contributed by atoms with Crippen LogP contribution < -0.4 is 10.6 Å². The van der Waals surface area contributed by atoms with Gasteiger partial charge >= 0.3 is 12.1 Å². The average Bonchev–Trinajstić information content (AvgIpc) is 3.01. The van der Waals surface area contributed by atoms with E-state index in [0.29, 0.717) is 11.3 Å². The molecule has 4 N–H and O–H groups in total. The molecule has 0 bridgehead atoms. The minimum Gasteiger partial charge on any atom is -0.507 e. The standard InChI is InChI=1S/C35H48N4O12/c1-34(2,3)15-39(33(47)51-16-50-22(40)9-10-49-8)14-18-13-21(37(4)5)19-11-17-12-20-26(38(6)7)29(43)25(32(36)46)31(45)35(20,48)30(44)23(17)28(42)24(19)27(18)41/h13,17,20,23,25-26,41,48H,9-12,14-16H2,1-8H3,(H2,36,46)/t17-,20-,23?,25?,26-,35-/m0/s1. The number of ether oxygens (including phenoxy) is 3. The molecule has 0 spiro atoms. The zero-order valence-electron chi connectivity index (χ0n) is 30.3. The molecule has 16 heteroatoms. The van der Waals surface area contributed by atoms with Crippen molar-refractivity contribution in [1.29, 1.82) is 0 Å². The SMILES string of the molecule is COCCC(=O)OCOC(=O)N(Cc1cc(N(C)C)c2c(c1O)C(=O)C1C(=O)[C@]3(O)C(=O)C(C(N)=O)C(=O)[C@@H](N(C)C)[C@@H]3C[C@@H]1C2)CC(C)(C)C. The minimum absolute atomic E-state index is 0.0409. The molecule has 0 aromatic heterocycles. The molecule has 1 aromatic rings. The van der Waals surface area contributed by atoms with Gasteiger partial charge in [0, 0.05) is 44.9 Å². The van der Waals surface area contributed by atoms with E-state index < -0.39 is 94.4 Å². The number of aromatic hydroxyl groups is 1. The van der Waals surface area contributed by atoms with Crippen LogP contribution in [0.1, 0.15) is 55.1 Å². The van der Waals surface area contributed by atoms with E-state index in [4.69, 9.17) is 19.9 Å². The third kappa shape index (κ3) is 7.35. The second-order valence-corrected chi connectivity index (χ2v) is 15.1. The van der Waals surface area contributed by atoms with Gasteiger partial charge in [-0.1, -0.05) is 20.8 Å². The maximum atomic E-state index is 14.4. The average molecular weight is 717 g/mol. The lowest BCUT2D eigenvalue weighted by atomic mass is 9.52. The Bertz CT molecular complexity index is 1630. The minimum atomic E-state index is -2.85. The van der Waals surface area contributed by atoms with E-state index in [9.17, 15) is 43.8 Å². The molecule has 0 heterocycles. The lowest BCUT2D eigenvalue weighted by molar-refractivity contribution is -0.181. The van der Waals surface area contributed by atoms with Crippen molar-refractivity contribution in [3.63, 3.8) is 0 Å². The molecule has 6 atom stereocenters. The third-order valence-corrected chi connectivity index (χ3v) is 9.80. The molecule has 1 aromatic carbocycles. The summed E-state index contributed by atoms with van der Waals surface area (Å²) in [4.78, 5) is 97.5. The molecule has 0 saturated heterocycles. The van der Waals surface area contributed by atoms with Crippen molar-refractivity contribution >= 4 is 46.8 Å². The Morgan fingerprint density at radius 1 is 1.04 bits per heavy atom. The van der Waals surface area contributed by atoms with Gasteiger partial charge in [-0.25, -0.2) is 4.79 Å². The normalized spacial score (nSPS) is 25.9. The van der Waals surface area contributed by atoms with Crippen molar-refractivity contribution in [1.82, 2.24) is 9.80 Å². The van der Waals surface area contributed by atoms with Crippen LogP contribution in [-0.4, -0.2) is 128 Å². The predicted octanol–water partition coefficient (Wildman–Crippen LogP) is 0.455. The summed E-state index contributed by atoms with van der Waals surface area (Å²) in [7, 11) is 7.91. The molecule has 0 aliphatic heterocycles. The van der Waals surface area contributed by atoms with Crippen LogP contribution in [0.25, 0.3) is 0 Å². The maximum Gasteiger partial charge on any atom is 0.412 e. The number of benzene rings is 1. The number of nitrogens with two attached hydrogens (primary N) is 1. The number of primary amides is 1. The topological polar surface area (TPSA) is 223 Å². The summed E-state index contributed by atoms with van der Waals surface area (Å²) >= 11 is 0. The fourth-order valence-corrected chi connectivity index (χ4v) is 7.68. The zero-order chi connectivity index (χ0) is 38.3. The summed E-state index contributed by atoms with van der Waals surface area (Å²) in [6.07, 6.45) is -0.906. The van der Waals surface area contributed by atoms with Crippen LogP contribution in [0.3, 0.4) is 0 Å². The van der Waals surface area contributed by atoms with E-state index >= 15 is 0 Å². The lowest BCUT2D eigenvalue weighted by Gasteiger charge is -2.52. The molecule has 16 nitrogen and oxygen atoms in total. The number of rotatable bonds is 11. The number of hydrogen-bond donors (Lipinski definition) is 3. The van der Waals surface area contributed by atoms with Crippen LogP contribution >= 0.6 is 0 Å². The van der Waals surface area contributed by atoms with Gasteiger partial charge in [-0.2, -0.15) is 0 Å². The van der Waals surface area contributed by atoms with E-state index in [1.54, 1.807) is 25.1 Å². The van der Waals surface area contributed by atoms with Gasteiger partial charge in [-0.15, -0.1) is 0 Å². The van der Waals surface area contributed by atoms with Crippen LogP contribution in [0, 0.1) is 29.1 Å². The summed E-state index contributed by atoms with van der Waals surface area (Å²) < 4.78 is 15.0. The number of carbonyl (C=O) groups excluding carboxylic acids is 7. The van der Waals surface area contributed by atoms with Crippen LogP contribution in [0.4, 0.5) is 10.5 Å². The Kier molecular flexibility index (Phi) is 11.3. The van der Waals surface area contributed by atoms with E-state index in [-0.39, 0.29) is 50.1 Å². The summed E-state index contributed by atoms with van der Waals surface area (Å²) in [6, 6.07) is 0.419. The lowest BCUT2D eigenvalue weighted by Crippen LogP contribution is -2.74.